The van der Waals surface area contributed by atoms with Crippen molar-refractivity contribution in [2.24, 2.45) is 5.41 Å². The highest BCUT2D eigenvalue weighted by Crippen LogP contribution is 2.45. The van der Waals surface area contributed by atoms with E-state index in [1.54, 1.807) is 6.07 Å². The molecular weight excluding hydrogens is 421 g/mol. The number of piperazine rings is 1. The smallest absolute Gasteiger partial charge is 0.312 e. The van der Waals surface area contributed by atoms with E-state index in [9.17, 15) is 15.2 Å². The van der Waals surface area contributed by atoms with Gasteiger partial charge in [-0.15, -0.1) is 24.8 Å². The molecule has 2 rings (SSSR count). The summed E-state index contributed by atoms with van der Waals surface area (Å²) in [5, 5.41) is 24.9. The number of nitrogens with one attached hydrogen (secondary N) is 1. The number of aromatic hydroxyl groups is 1. The summed E-state index contributed by atoms with van der Waals surface area (Å²) in [6.07, 6.45) is 0. The fourth-order valence-corrected chi connectivity index (χ4v) is 3.57. The van der Waals surface area contributed by atoms with Crippen LogP contribution in [0.3, 0.4) is 0 Å². The number of halogens is 3. The van der Waals surface area contributed by atoms with Gasteiger partial charge in [-0.3, -0.25) is 15.0 Å². The predicted molar refractivity (Wildman–Crippen MR) is 104 cm³/mol. The van der Waals surface area contributed by atoms with E-state index in [4.69, 9.17) is 0 Å². The molecule has 1 aliphatic rings. The zero-order valence-corrected chi connectivity index (χ0v) is 17.1. The van der Waals surface area contributed by atoms with Crippen molar-refractivity contribution in [2.45, 2.75) is 26.8 Å². The molecule has 1 atom stereocenters. The topological polar surface area (TPSA) is 78.6 Å². The van der Waals surface area contributed by atoms with Gasteiger partial charge in [0, 0.05) is 48.3 Å². The Hall–Kier alpha value is -0.600. The maximum atomic E-state index is 11.2. The summed E-state index contributed by atoms with van der Waals surface area (Å²) < 4.78 is 0.608. The second kappa shape index (κ2) is 9.20. The molecule has 2 N–H and O–H groups in total. The van der Waals surface area contributed by atoms with Crippen LogP contribution >= 0.6 is 40.7 Å². The third kappa shape index (κ3) is 5.20. The molecule has 0 aromatic heterocycles. The largest absolute Gasteiger partial charge is 0.502 e. The fraction of sp³-hybridized carbons (Fsp3) is 0.600. The molecule has 1 aliphatic heterocycles. The lowest BCUT2D eigenvalue weighted by molar-refractivity contribution is -0.386. The minimum Gasteiger partial charge on any atom is -0.502 e. The van der Waals surface area contributed by atoms with Gasteiger partial charge in [0.05, 0.1) is 4.92 Å². The first-order valence-electron chi connectivity index (χ1n) is 7.33. The van der Waals surface area contributed by atoms with Gasteiger partial charge in [0.25, 0.3) is 0 Å². The van der Waals surface area contributed by atoms with Crippen molar-refractivity contribution in [1.29, 1.82) is 0 Å². The number of hydrogen-bond acceptors (Lipinski definition) is 5. The van der Waals surface area contributed by atoms with Crippen LogP contribution in [0.15, 0.2) is 16.6 Å². The average Bonchev–Trinajstić information content (AvgIpc) is 2.42. The van der Waals surface area contributed by atoms with Gasteiger partial charge in [0.1, 0.15) is 0 Å². The van der Waals surface area contributed by atoms with Crippen molar-refractivity contribution in [3.8, 4) is 5.75 Å². The van der Waals surface area contributed by atoms with E-state index in [-0.39, 0.29) is 47.7 Å². The summed E-state index contributed by atoms with van der Waals surface area (Å²) in [5.74, 6) is -0.230. The van der Waals surface area contributed by atoms with Crippen LogP contribution in [0.2, 0.25) is 0 Å². The summed E-state index contributed by atoms with van der Waals surface area (Å²) in [5.41, 5.74) is 0.188. The average molecular weight is 445 g/mol. The lowest BCUT2D eigenvalue weighted by Gasteiger charge is -2.42. The number of nitrogens with zero attached hydrogens (tertiary/aromatic N) is 2. The summed E-state index contributed by atoms with van der Waals surface area (Å²) in [7, 11) is 0. The molecule has 1 heterocycles. The van der Waals surface area contributed by atoms with Crippen LogP contribution in [0.1, 0.15) is 32.4 Å². The van der Waals surface area contributed by atoms with Gasteiger partial charge in [0.2, 0.25) is 0 Å². The van der Waals surface area contributed by atoms with E-state index in [1.807, 2.05) is 0 Å². The van der Waals surface area contributed by atoms with Crippen LogP contribution in [0, 0.1) is 15.5 Å². The Balaban J connectivity index is 0.00000264. The fourth-order valence-electron chi connectivity index (χ4n) is 3.10. The van der Waals surface area contributed by atoms with Gasteiger partial charge >= 0.3 is 5.69 Å². The first-order valence-corrected chi connectivity index (χ1v) is 8.12. The van der Waals surface area contributed by atoms with Crippen molar-refractivity contribution >= 4 is 46.4 Å². The van der Waals surface area contributed by atoms with Gasteiger partial charge in [-0.25, -0.2) is 0 Å². The maximum absolute atomic E-state index is 11.2. The highest BCUT2D eigenvalue weighted by molar-refractivity contribution is 9.10. The number of phenolic OH excluding ortho intramolecular Hbond substituents is 1. The zero-order valence-electron chi connectivity index (χ0n) is 13.9. The highest BCUT2D eigenvalue weighted by atomic mass is 79.9. The van der Waals surface area contributed by atoms with E-state index < -0.39 is 4.92 Å². The van der Waals surface area contributed by atoms with Crippen molar-refractivity contribution in [3.05, 3.63) is 32.3 Å². The Morgan fingerprint density at radius 1 is 1.29 bits per heavy atom. The normalized spacial score (nSPS) is 16.7. The molecule has 0 bridgehead atoms. The summed E-state index contributed by atoms with van der Waals surface area (Å²) in [4.78, 5) is 12.9. The molecule has 1 aromatic carbocycles. The number of hydrogen-bond donors (Lipinski definition) is 2. The van der Waals surface area contributed by atoms with Crippen molar-refractivity contribution in [2.75, 3.05) is 26.2 Å². The third-order valence-electron chi connectivity index (χ3n) is 3.91. The molecule has 9 heteroatoms. The molecule has 6 nitrogen and oxygen atoms in total. The second-order valence-electron chi connectivity index (χ2n) is 6.67. The van der Waals surface area contributed by atoms with Crippen LogP contribution in [0.5, 0.6) is 5.75 Å². The van der Waals surface area contributed by atoms with Gasteiger partial charge in [0.15, 0.2) is 5.75 Å². The highest BCUT2D eigenvalue weighted by Gasteiger charge is 2.36. The first-order chi connectivity index (χ1) is 10.2. The third-order valence-corrected chi connectivity index (χ3v) is 4.37. The Morgan fingerprint density at radius 3 is 2.29 bits per heavy atom. The zero-order chi connectivity index (χ0) is 16.5. The predicted octanol–water partition coefficient (Wildman–Crippen LogP) is 3.90. The quantitative estimate of drug-likeness (QED) is 0.545. The van der Waals surface area contributed by atoms with E-state index in [0.717, 1.165) is 26.2 Å². The summed E-state index contributed by atoms with van der Waals surface area (Å²) in [6.45, 7) is 9.72. The van der Waals surface area contributed by atoms with E-state index >= 15 is 0 Å². The number of rotatable bonds is 3. The van der Waals surface area contributed by atoms with Gasteiger partial charge < -0.3 is 10.4 Å². The summed E-state index contributed by atoms with van der Waals surface area (Å²) in [6, 6.07) is 3.04. The SMILES string of the molecule is CC(C)(C)[C@H](c1cc(Br)cc([N+](=O)[O-])c1O)N1CCNCC1.Cl.Cl. The van der Waals surface area contributed by atoms with Crippen LogP contribution < -0.4 is 5.32 Å². The molecule has 1 aromatic rings. The van der Waals surface area contributed by atoms with Crippen molar-refractivity contribution in [1.82, 2.24) is 10.2 Å². The molecule has 0 unspecified atom stereocenters. The Morgan fingerprint density at radius 2 is 1.83 bits per heavy atom. The summed E-state index contributed by atoms with van der Waals surface area (Å²) >= 11 is 3.33. The molecule has 0 aliphatic carbocycles. The Bertz CT molecular complexity index is 576. The minimum atomic E-state index is -0.541. The number of phenols is 1. The van der Waals surface area contributed by atoms with Crippen molar-refractivity contribution < 1.29 is 10.0 Å². The molecule has 1 fully saturated rings. The molecule has 0 amide bonds. The lowest BCUT2D eigenvalue weighted by atomic mass is 9.80. The van der Waals surface area contributed by atoms with Gasteiger partial charge in [-0.05, 0) is 11.5 Å². The molecule has 0 radical (unpaired) electrons. The molecular formula is C15H24BrCl2N3O3. The van der Waals surface area contributed by atoms with Crippen LogP contribution in [0.25, 0.3) is 0 Å². The van der Waals surface area contributed by atoms with Crippen LogP contribution in [0.4, 0.5) is 5.69 Å². The van der Waals surface area contributed by atoms with E-state index in [2.05, 4.69) is 46.9 Å². The molecule has 0 spiro atoms. The maximum Gasteiger partial charge on any atom is 0.312 e. The van der Waals surface area contributed by atoms with E-state index in [1.165, 1.54) is 6.07 Å². The number of nitro benzene ring substituents is 1. The number of benzene rings is 1. The Kier molecular flexibility index (Phi) is 8.97. The van der Waals surface area contributed by atoms with Gasteiger partial charge in [-0.2, -0.15) is 0 Å². The Labute approximate surface area is 163 Å². The minimum absolute atomic E-state index is 0. The van der Waals surface area contributed by atoms with Gasteiger partial charge in [-0.1, -0.05) is 36.7 Å². The first kappa shape index (κ1) is 23.4. The van der Waals surface area contributed by atoms with E-state index in [0.29, 0.717) is 10.0 Å². The van der Waals surface area contributed by atoms with Crippen molar-refractivity contribution in [3.63, 3.8) is 0 Å². The lowest BCUT2D eigenvalue weighted by Crippen LogP contribution is -2.48. The second-order valence-corrected chi connectivity index (χ2v) is 7.59. The molecule has 138 valence electrons. The number of nitro groups is 1. The van der Waals surface area contributed by atoms with Crippen LogP contribution in [-0.2, 0) is 0 Å². The molecule has 1 saturated heterocycles. The molecule has 24 heavy (non-hydrogen) atoms. The monoisotopic (exact) mass is 443 g/mol. The van der Waals surface area contributed by atoms with Crippen LogP contribution in [-0.4, -0.2) is 41.1 Å². The molecule has 0 saturated carbocycles. The standard InChI is InChI=1S/C15H22BrN3O3.2ClH/c1-15(2,3)14(18-6-4-17-5-7-18)11-8-10(16)9-12(13(11)20)19(21)22;;/h8-9,14,17,20H,4-7H2,1-3H3;2*1H/t14-;;/m0../s1.